The second-order valence-corrected chi connectivity index (χ2v) is 8.33. The molecule has 0 aromatic heterocycles. The van der Waals surface area contributed by atoms with Gasteiger partial charge in [0.25, 0.3) is 0 Å². The third-order valence-corrected chi connectivity index (χ3v) is 6.10. The second kappa shape index (κ2) is 11.6. The summed E-state index contributed by atoms with van der Waals surface area (Å²) in [7, 11) is 0. The average molecular weight is 504 g/mol. The summed E-state index contributed by atoms with van der Waals surface area (Å²) in [5, 5.41) is 109. The number of aliphatic hydroxyl groups is 11. The van der Waals surface area contributed by atoms with Gasteiger partial charge in [-0.15, -0.1) is 0 Å². The van der Waals surface area contributed by atoms with Crippen LogP contribution in [0.5, 0.6) is 0 Å². The standard InChI is InChI=1S/C18H32O16/c19-1-4-7(22)10(25)12(27)17(31-4)33-14-9(24)6(3-21)30-16(29)15(14)34-18-13(28)11(26)8(23)5(2-20)32-18/h4-29H,1-3H2/t4-,5-,6-,7+,8-,9-,10+,11+,12-,13+,14+,15+,16+,17-,18-/m1/s1. The van der Waals surface area contributed by atoms with E-state index < -0.39 is 112 Å². The SMILES string of the molecule is OC[C@H]1O[C@H](O[C@H]2[C@H](O)[C@@H](CO)O[C@H](O)[C@H]2O[C@H]2O[C@H](CO)[C@@H](O)[C@H](O)[C@@H]2O)[C@H](O)[C@@H](O)[C@H]1O. The highest BCUT2D eigenvalue weighted by Crippen LogP contribution is 2.32. The molecule has 3 fully saturated rings. The first-order chi connectivity index (χ1) is 16.0. The number of hydrogen-bond donors (Lipinski definition) is 11. The summed E-state index contributed by atoms with van der Waals surface area (Å²) in [6, 6.07) is 0. The summed E-state index contributed by atoms with van der Waals surface area (Å²) in [6.07, 6.45) is -25.6. The highest BCUT2D eigenvalue weighted by molar-refractivity contribution is 4.96. The Morgan fingerprint density at radius 1 is 0.441 bits per heavy atom. The third-order valence-electron chi connectivity index (χ3n) is 6.10. The molecule has 3 aliphatic rings. The van der Waals surface area contributed by atoms with E-state index in [-0.39, 0.29) is 0 Å². The maximum absolute atomic E-state index is 10.6. The average Bonchev–Trinajstić information content (AvgIpc) is 2.83. The summed E-state index contributed by atoms with van der Waals surface area (Å²) < 4.78 is 26.5. The second-order valence-electron chi connectivity index (χ2n) is 8.33. The van der Waals surface area contributed by atoms with Gasteiger partial charge in [-0.05, 0) is 0 Å². The largest absolute Gasteiger partial charge is 0.394 e. The third kappa shape index (κ3) is 5.37. The Kier molecular flexibility index (Phi) is 9.54. The molecule has 0 radical (unpaired) electrons. The van der Waals surface area contributed by atoms with E-state index in [0.717, 1.165) is 0 Å². The van der Waals surface area contributed by atoms with Crippen molar-refractivity contribution in [2.75, 3.05) is 19.8 Å². The molecule has 3 heterocycles. The van der Waals surface area contributed by atoms with Crippen LogP contribution in [0.15, 0.2) is 0 Å². The highest BCUT2D eigenvalue weighted by Gasteiger charge is 2.53. The number of rotatable bonds is 7. The van der Waals surface area contributed by atoms with E-state index in [0.29, 0.717) is 0 Å². The molecule has 200 valence electrons. The van der Waals surface area contributed by atoms with Crippen LogP contribution >= 0.6 is 0 Å². The quantitative estimate of drug-likeness (QED) is 0.154. The minimum atomic E-state index is -1.94. The molecule has 0 unspecified atom stereocenters. The van der Waals surface area contributed by atoms with Gasteiger partial charge in [0.15, 0.2) is 18.9 Å². The Balaban J connectivity index is 1.83. The van der Waals surface area contributed by atoms with Gasteiger partial charge in [-0.25, -0.2) is 0 Å². The van der Waals surface area contributed by atoms with Crippen LogP contribution in [-0.2, 0) is 23.7 Å². The zero-order valence-electron chi connectivity index (χ0n) is 17.7. The molecule has 0 spiro atoms. The Morgan fingerprint density at radius 2 is 0.824 bits per heavy atom. The minimum absolute atomic E-state index is 0.769. The molecule has 0 aliphatic carbocycles. The number of aliphatic hydroxyl groups excluding tert-OH is 11. The summed E-state index contributed by atoms with van der Waals surface area (Å²) in [5.74, 6) is 0. The van der Waals surface area contributed by atoms with Crippen LogP contribution in [-0.4, -0.2) is 168 Å². The molecule has 0 aromatic carbocycles. The summed E-state index contributed by atoms with van der Waals surface area (Å²) in [5.41, 5.74) is 0. The molecule has 0 saturated carbocycles. The van der Waals surface area contributed by atoms with Gasteiger partial charge in [0.1, 0.15) is 73.2 Å². The van der Waals surface area contributed by atoms with E-state index in [1.165, 1.54) is 0 Å². The summed E-state index contributed by atoms with van der Waals surface area (Å²) in [6.45, 7) is -2.33. The van der Waals surface area contributed by atoms with Gasteiger partial charge >= 0.3 is 0 Å². The van der Waals surface area contributed by atoms with Crippen molar-refractivity contribution in [2.24, 2.45) is 0 Å². The first-order valence-electron chi connectivity index (χ1n) is 10.6. The van der Waals surface area contributed by atoms with Gasteiger partial charge in [-0.2, -0.15) is 0 Å². The molecular weight excluding hydrogens is 472 g/mol. The van der Waals surface area contributed by atoms with Crippen LogP contribution in [0.25, 0.3) is 0 Å². The lowest BCUT2D eigenvalue weighted by Crippen LogP contribution is -2.67. The molecule has 0 aromatic rings. The van der Waals surface area contributed by atoms with E-state index in [4.69, 9.17) is 23.7 Å². The molecule has 11 N–H and O–H groups in total. The fourth-order valence-electron chi connectivity index (χ4n) is 4.03. The number of ether oxygens (including phenoxy) is 5. The molecule has 3 saturated heterocycles. The lowest BCUT2D eigenvalue weighted by molar-refractivity contribution is -0.387. The molecular formula is C18H32O16. The zero-order chi connectivity index (χ0) is 25.3. The minimum Gasteiger partial charge on any atom is -0.394 e. The first-order valence-corrected chi connectivity index (χ1v) is 10.6. The van der Waals surface area contributed by atoms with Crippen LogP contribution in [0.2, 0.25) is 0 Å². The van der Waals surface area contributed by atoms with E-state index in [1.54, 1.807) is 0 Å². The van der Waals surface area contributed by atoms with Crippen LogP contribution < -0.4 is 0 Å². The molecule has 15 atom stereocenters. The maximum Gasteiger partial charge on any atom is 0.187 e. The predicted molar refractivity (Wildman–Crippen MR) is 101 cm³/mol. The van der Waals surface area contributed by atoms with E-state index in [9.17, 15) is 56.2 Å². The van der Waals surface area contributed by atoms with Gasteiger partial charge < -0.3 is 79.9 Å². The van der Waals surface area contributed by atoms with Crippen molar-refractivity contribution in [3.63, 3.8) is 0 Å². The van der Waals surface area contributed by atoms with Gasteiger partial charge in [0.2, 0.25) is 0 Å². The molecule has 0 amide bonds. The van der Waals surface area contributed by atoms with Gasteiger partial charge in [0.05, 0.1) is 19.8 Å². The molecule has 0 bridgehead atoms. The lowest BCUT2D eigenvalue weighted by atomic mass is 9.96. The smallest absolute Gasteiger partial charge is 0.187 e. The monoisotopic (exact) mass is 504 g/mol. The first kappa shape index (κ1) is 27.9. The molecule has 3 aliphatic heterocycles. The topological polar surface area (TPSA) is 269 Å². The summed E-state index contributed by atoms with van der Waals surface area (Å²) in [4.78, 5) is 0. The van der Waals surface area contributed by atoms with Crippen LogP contribution in [0.4, 0.5) is 0 Å². The highest BCUT2D eigenvalue weighted by atomic mass is 16.8. The summed E-state index contributed by atoms with van der Waals surface area (Å²) >= 11 is 0. The zero-order valence-corrected chi connectivity index (χ0v) is 17.7. The van der Waals surface area contributed by atoms with Crippen molar-refractivity contribution in [3.8, 4) is 0 Å². The van der Waals surface area contributed by atoms with E-state index >= 15 is 0 Å². The van der Waals surface area contributed by atoms with E-state index in [2.05, 4.69) is 0 Å². The maximum atomic E-state index is 10.6. The Hall–Kier alpha value is -0.640. The van der Waals surface area contributed by atoms with Gasteiger partial charge in [0, 0.05) is 0 Å². The van der Waals surface area contributed by atoms with Crippen molar-refractivity contribution in [1.82, 2.24) is 0 Å². The number of hydrogen-bond acceptors (Lipinski definition) is 16. The van der Waals surface area contributed by atoms with Crippen molar-refractivity contribution < 1.29 is 79.9 Å². The Bertz CT molecular complexity index is 637. The fourth-order valence-corrected chi connectivity index (χ4v) is 4.03. The van der Waals surface area contributed by atoms with Crippen molar-refractivity contribution in [1.29, 1.82) is 0 Å². The fraction of sp³-hybridized carbons (Fsp3) is 1.00. The Labute approximate surface area is 192 Å². The van der Waals surface area contributed by atoms with Gasteiger partial charge in [-0.3, -0.25) is 0 Å². The molecule has 16 nitrogen and oxygen atoms in total. The predicted octanol–water partition coefficient (Wildman–Crippen LogP) is -7.57. The van der Waals surface area contributed by atoms with Crippen LogP contribution in [0.3, 0.4) is 0 Å². The Morgan fingerprint density at radius 3 is 1.24 bits per heavy atom. The van der Waals surface area contributed by atoms with Crippen molar-refractivity contribution >= 4 is 0 Å². The molecule has 16 heteroatoms. The van der Waals surface area contributed by atoms with Crippen LogP contribution in [0, 0.1) is 0 Å². The van der Waals surface area contributed by atoms with E-state index in [1.807, 2.05) is 0 Å². The lowest BCUT2D eigenvalue weighted by Gasteiger charge is -2.48. The van der Waals surface area contributed by atoms with Gasteiger partial charge in [-0.1, -0.05) is 0 Å². The molecule has 34 heavy (non-hydrogen) atoms. The van der Waals surface area contributed by atoms with Crippen molar-refractivity contribution in [2.45, 2.75) is 92.1 Å². The normalized spacial score (nSPS) is 52.5. The van der Waals surface area contributed by atoms with Crippen molar-refractivity contribution in [3.05, 3.63) is 0 Å². The molecule has 3 rings (SSSR count). The van der Waals surface area contributed by atoms with Crippen LogP contribution in [0.1, 0.15) is 0 Å².